The first-order valence-electron chi connectivity index (χ1n) is 5.77. The van der Waals surface area contributed by atoms with Crippen LogP contribution in [0.4, 0.5) is 4.39 Å². The lowest BCUT2D eigenvalue weighted by Gasteiger charge is -2.18. The van der Waals surface area contributed by atoms with Crippen molar-refractivity contribution < 1.29 is 13.9 Å². The van der Waals surface area contributed by atoms with Crippen LogP contribution in [0.5, 0.6) is 5.75 Å². The Labute approximate surface area is 120 Å². The Balaban J connectivity index is 2.39. The van der Waals surface area contributed by atoms with Crippen LogP contribution >= 0.6 is 15.9 Å². The molecule has 2 nitrogen and oxygen atoms in total. The van der Waals surface area contributed by atoms with E-state index in [-0.39, 0.29) is 11.9 Å². The topological polar surface area (TPSA) is 18.5 Å². The lowest BCUT2D eigenvalue weighted by Crippen LogP contribution is -2.04. The quantitative estimate of drug-likeness (QED) is 0.833. The van der Waals surface area contributed by atoms with Gasteiger partial charge in [-0.1, -0.05) is 34.1 Å². The molecule has 0 bridgehead atoms. The molecule has 100 valence electrons. The SMILES string of the molecule is COc1ccc([C@H](OC)c2ccc(F)cc2)c(Br)c1. The van der Waals surface area contributed by atoms with Crippen LogP contribution < -0.4 is 4.74 Å². The summed E-state index contributed by atoms with van der Waals surface area (Å²) in [5.41, 5.74) is 1.87. The molecule has 0 saturated carbocycles. The zero-order valence-corrected chi connectivity index (χ0v) is 12.3. The van der Waals surface area contributed by atoms with Gasteiger partial charge in [0.2, 0.25) is 0 Å². The summed E-state index contributed by atoms with van der Waals surface area (Å²) in [6.07, 6.45) is -0.249. The fourth-order valence-electron chi connectivity index (χ4n) is 1.93. The van der Waals surface area contributed by atoms with E-state index in [9.17, 15) is 4.39 Å². The van der Waals surface area contributed by atoms with Gasteiger partial charge in [-0.15, -0.1) is 0 Å². The van der Waals surface area contributed by atoms with Crippen molar-refractivity contribution in [1.82, 2.24) is 0 Å². The van der Waals surface area contributed by atoms with Gasteiger partial charge in [-0.25, -0.2) is 4.39 Å². The Morgan fingerprint density at radius 3 is 2.26 bits per heavy atom. The van der Waals surface area contributed by atoms with Gasteiger partial charge in [-0.3, -0.25) is 0 Å². The van der Waals surface area contributed by atoms with Gasteiger partial charge in [-0.05, 0) is 35.4 Å². The largest absolute Gasteiger partial charge is 0.497 e. The van der Waals surface area contributed by atoms with Crippen LogP contribution in [0.15, 0.2) is 46.9 Å². The van der Waals surface area contributed by atoms with Crippen LogP contribution in [0.25, 0.3) is 0 Å². The molecule has 0 aliphatic heterocycles. The van der Waals surface area contributed by atoms with Crippen LogP contribution in [0.3, 0.4) is 0 Å². The zero-order valence-electron chi connectivity index (χ0n) is 10.7. The number of hydrogen-bond donors (Lipinski definition) is 0. The second kappa shape index (κ2) is 6.17. The number of hydrogen-bond acceptors (Lipinski definition) is 2. The maximum Gasteiger partial charge on any atom is 0.123 e. The summed E-state index contributed by atoms with van der Waals surface area (Å²) in [5.74, 6) is 0.511. The van der Waals surface area contributed by atoms with Crippen molar-refractivity contribution in [2.24, 2.45) is 0 Å². The minimum atomic E-state index is -0.257. The van der Waals surface area contributed by atoms with Crippen LogP contribution in [-0.2, 0) is 4.74 Å². The molecule has 0 spiro atoms. The molecule has 0 amide bonds. The smallest absolute Gasteiger partial charge is 0.123 e. The number of halogens is 2. The molecule has 2 rings (SSSR count). The molecule has 0 N–H and O–H groups in total. The normalized spacial score (nSPS) is 12.2. The zero-order chi connectivity index (χ0) is 13.8. The van der Waals surface area contributed by atoms with E-state index in [1.54, 1.807) is 26.4 Å². The fraction of sp³-hybridized carbons (Fsp3) is 0.200. The molecule has 0 aliphatic carbocycles. The molecule has 0 aromatic heterocycles. The number of methoxy groups -OCH3 is 2. The number of ether oxygens (including phenoxy) is 2. The van der Waals surface area contributed by atoms with E-state index >= 15 is 0 Å². The predicted molar refractivity (Wildman–Crippen MR) is 75.9 cm³/mol. The number of rotatable bonds is 4. The highest BCUT2D eigenvalue weighted by atomic mass is 79.9. The first kappa shape index (κ1) is 14.0. The average molecular weight is 325 g/mol. The summed E-state index contributed by atoms with van der Waals surface area (Å²) in [5, 5.41) is 0. The van der Waals surface area contributed by atoms with Crippen molar-refractivity contribution >= 4 is 15.9 Å². The highest BCUT2D eigenvalue weighted by molar-refractivity contribution is 9.10. The molecule has 0 fully saturated rings. The van der Waals surface area contributed by atoms with E-state index in [4.69, 9.17) is 9.47 Å². The Morgan fingerprint density at radius 2 is 1.74 bits per heavy atom. The van der Waals surface area contributed by atoms with Gasteiger partial charge in [0.1, 0.15) is 17.7 Å². The lowest BCUT2D eigenvalue weighted by atomic mass is 10.0. The summed E-state index contributed by atoms with van der Waals surface area (Å²) in [6, 6.07) is 12.0. The maximum absolute atomic E-state index is 13.0. The molecule has 2 aromatic rings. The first-order valence-corrected chi connectivity index (χ1v) is 6.56. The third kappa shape index (κ3) is 3.14. The molecule has 0 radical (unpaired) electrons. The fourth-order valence-corrected chi connectivity index (χ4v) is 2.49. The van der Waals surface area contributed by atoms with Crippen molar-refractivity contribution in [3.05, 3.63) is 63.9 Å². The number of benzene rings is 2. The molecule has 0 aliphatic rings. The third-order valence-corrected chi connectivity index (χ3v) is 3.59. The van der Waals surface area contributed by atoms with Crippen molar-refractivity contribution in [1.29, 1.82) is 0 Å². The van der Waals surface area contributed by atoms with Crippen LogP contribution in [-0.4, -0.2) is 14.2 Å². The van der Waals surface area contributed by atoms with E-state index in [1.165, 1.54) is 12.1 Å². The highest BCUT2D eigenvalue weighted by Crippen LogP contribution is 2.33. The van der Waals surface area contributed by atoms with Crippen molar-refractivity contribution in [2.45, 2.75) is 6.10 Å². The Morgan fingerprint density at radius 1 is 1.05 bits per heavy atom. The molecule has 2 aromatic carbocycles. The first-order chi connectivity index (χ1) is 9.15. The Hall–Kier alpha value is -1.39. The summed E-state index contributed by atoms with van der Waals surface area (Å²) in [6.45, 7) is 0. The summed E-state index contributed by atoms with van der Waals surface area (Å²) in [4.78, 5) is 0. The van der Waals surface area contributed by atoms with Gasteiger partial charge >= 0.3 is 0 Å². The Kier molecular flexibility index (Phi) is 4.56. The molecule has 0 heterocycles. The van der Waals surface area contributed by atoms with E-state index in [0.717, 1.165) is 21.3 Å². The molecule has 19 heavy (non-hydrogen) atoms. The minimum Gasteiger partial charge on any atom is -0.497 e. The van der Waals surface area contributed by atoms with Crippen molar-refractivity contribution in [3.8, 4) is 5.75 Å². The van der Waals surface area contributed by atoms with Gasteiger partial charge in [0.05, 0.1) is 7.11 Å². The minimum absolute atomic E-state index is 0.249. The standard InChI is InChI=1S/C15H14BrFO2/c1-18-12-7-8-13(14(16)9-12)15(19-2)10-3-5-11(17)6-4-10/h3-9,15H,1-2H3/t15-/m1/s1. The van der Waals surface area contributed by atoms with Gasteiger partial charge in [-0.2, -0.15) is 0 Å². The predicted octanol–water partition coefficient (Wildman–Crippen LogP) is 4.33. The Bertz CT molecular complexity index is 555. The second-order valence-corrected chi connectivity index (χ2v) is 4.91. The van der Waals surface area contributed by atoms with Gasteiger partial charge in [0.15, 0.2) is 0 Å². The lowest BCUT2D eigenvalue weighted by molar-refractivity contribution is 0.136. The van der Waals surface area contributed by atoms with Gasteiger partial charge < -0.3 is 9.47 Å². The molecule has 0 unspecified atom stereocenters. The molecular formula is C15H14BrFO2. The van der Waals surface area contributed by atoms with Crippen LogP contribution in [0.2, 0.25) is 0 Å². The van der Waals surface area contributed by atoms with E-state index in [0.29, 0.717) is 0 Å². The second-order valence-electron chi connectivity index (χ2n) is 4.05. The summed E-state index contributed by atoms with van der Waals surface area (Å²) >= 11 is 3.51. The van der Waals surface area contributed by atoms with Gasteiger partial charge in [0, 0.05) is 11.6 Å². The van der Waals surface area contributed by atoms with Crippen LogP contribution in [0, 0.1) is 5.82 Å². The van der Waals surface area contributed by atoms with Crippen molar-refractivity contribution in [2.75, 3.05) is 14.2 Å². The van der Waals surface area contributed by atoms with E-state index in [1.807, 2.05) is 18.2 Å². The van der Waals surface area contributed by atoms with E-state index in [2.05, 4.69) is 15.9 Å². The third-order valence-electron chi connectivity index (χ3n) is 2.90. The highest BCUT2D eigenvalue weighted by Gasteiger charge is 2.16. The molecule has 4 heteroatoms. The van der Waals surface area contributed by atoms with Crippen molar-refractivity contribution in [3.63, 3.8) is 0 Å². The molecule has 0 saturated heterocycles. The summed E-state index contributed by atoms with van der Waals surface area (Å²) in [7, 11) is 3.25. The monoisotopic (exact) mass is 324 g/mol. The van der Waals surface area contributed by atoms with Crippen LogP contribution in [0.1, 0.15) is 17.2 Å². The van der Waals surface area contributed by atoms with Gasteiger partial charge in [0.25, 0.3) is 0 Å². The average Bonchev–Trinajstić information content (AvgIpc) is 2.43. The molecule has 1 atom stereocenters. The molecular weight excluding hydrogens is 311 g/mol. The van der Waals surface area contributed by atoms with E-state index < -0.39 is 0 Å². The summed E-state index contributed by atoms with van der Waals surface area (Å²) < 4.78 is 24.5. The maximum atomic E-state index is 13.0.